The SMILES string of the molecule is C[C@@H]1CCCN1[C@H]1CCN(c2ccc(N)cc2)C1. The van der Waals surface area contributed by atoms with Crippen LogP contribution in [0.25, 0.3) is 0 Å². The van der Waals surface area contributed by atoms with E-state index in [9.17, 15) is 0 Å². The summed E-state index contributed by atoms with van der Waals surface area (Å²) in [4.78, 5) is 5.20. The Morgan fingerprint density at radius 2 is 1.89 bits per heavy atom. The quantitative estimate of drug-likeness (QED) is 0.812. The van der Waals surface area contributed by atoms with Crippen molar-refractivity contribution in [3.05, 3.63) is 24.3 Å². The van der Waals surface area contributed by atoms with Crippen LogP contribution in [0.3, 0.4) is 0 Å². The molecule has 1 aromatic rings. The summed E-state index contributed by atoms with van der Waals surface area (Å²) in [7, 11) is 0. The highest BCUT2D eigenvalue weighted by Crippen LogP contribution is 2.28. The first-order chi connectivity index (χ1) is 8.74. The summed E-state index contributed by atoms with van der Waals surface area (Å²) in [5, 5.41) is 0. The maximum absolute atomic E-state index is 5.74. The van der Waals surface area contributed by atoms with E-state index in [0.717, 1.165) is 17.8 Å². The summed E-state index contributed by atoms with van der Waals surface area (Å²) >= 11 is 0. The monoisotopic (exact) mass is 245 g/mol. The smallest absolute Gasteiger partial charge is 0.0368 e. The first kappa shape index (κ1) is 11.8. The molecular weight excluding hydrogens is 222 g/mol. The lowest BCUT2D eigenvalue weighted by atomic mass is 10.2. The van der Waals surface area contributed by atoms with Crippen LogP contribution in [-0.4, -0.2) is 36.6 Å². The fraction of sp³-hybridized carbons (Fsp3) is 0.600. The number of nitrogens with zero attached hydrogens (tertiary/aromatic N) is 2. The molecule has 0 bridgehead atoms. The van der Waals surface area contributed by atoms with Crippen LogP contribution in [0.15, 0.2) is 24.3 Å². The van der Waals surface area contributed by atoms with Gasteiger partial charge < -0.3 is 10.6 Å². The van der Waals surface area contributed by atoms with Gasteiger partial charge in [-0.1, -0.05) is 0 Å². The number of rotatable bonds is 2. The molecule has 0 unspecified atom stereocenters. The third-order valence-electron chi connectivity index (χ3n) is 4.49. The Labute approximate surface area is 110 Å². The van der Waals surface area contributed by atoms with Crippen molar-refractivity contribution in [2.75, 3.05) is 30.3 Å². The summed E-state index contributed by atoms with van der Waals surface area (Å²) in [6, 6.07) is 9.82. The lowest BCUT2D eigenvalue weighted by Crippen LogP contribution is -2.39. The highest BCUT2D eigenvalue weighted by molar-refractivity contribution is 5.53. The van der Waals surface area contributed by atoms with Gasteiger partial charge >= 0.3 is 0 Å². The molecule has 2 N–H and O–H groups in total. The van der Waals surface area contributed by atoms with Gasteiger partial charge in [0.1, 0.15) is 0 Å². The number of benzene rings is 1. The largest absolute Gasteiger partial charge is 0.399 e. The minimum atomic E-state index is 0.750. The molecule has 0 saturated carbocycles. The number of nitrogens with two attached hydrogens (primary N) is 1. The molecule has 0 aliphatic carbocycles. The second-order valence-corrected chi connectivity index (χ2v) is 5.71. The molecule has 3 heteroatoms. The Morgan fingerprint density at radius 1 is 1.11 bits per heavy atom. The van der Waals surface area contributed by atoms with Gasteiger partial charge in [-0.25, -0.2) is 0 Å². The van der Waals surface area contributed by atoms with Gasteiger partial charge in [0.25, 0.3) is 0 Å². The average molecular weight is 245 g/mol. The summed E-state index contributed by atoms with van der Waals surface area (Å²) in [6.45, 7) is 6.02. The van der Waals surface area contributed by atoms with E-state index in [1.54, 1.807) is 0 Å². The van der Waals surface area contributed by atoms with Crippen molar-refractivity contribution < 1.29 is 0 Å². The van der Waals surface area contributed by atoms with E-state index >= 15 is 0 Å². The molecule has 0 spiro atoms. The molecule has 2 atom stereocenters. The van der Waals surface area contributed by atoms with Crippen LogP contribution in [0.4, 0.5) is 11.4 Å². The van der Waals surface area contributed by atoms with E-state index in [1.807, 2.05) is 12.1 Å². The fourth-order valence-electron chi connectivity index (χ4n) is 3.43. The van der Waals surface area contributed by atoms with Gasteiger partial charge in [-0.3, -0.25) is 4.90 Å². The van der Waals surface area contributed by atoms with Gasteiger partial charge in [0.05, 0.1) is 0 Å². The van der Waals surface area contributed by atoms with Crippen molar-refractivity contribution in [3.8, 4) is 0 Å². The van der Waals surface area contributed by atoms with Crippen LogP contribution in [0.5, 0.6) is 0 Å². The molecular formula is C15H23N3. The van der Waals surface area contributed by atoms with E-state index in [-0.39, 0.29) is 0 Å². The Morgan fingerprint density at radius 3 is 2.56 bits per heavy atom. The molecule has 0 amide bonds. The standard InChI is InChI=1S/C15H23N3/c1-12-3-2-9-18(12)15-8-10-17(11-15)14-6-4-13(16)5-7-14/h4-7,12,15H,2-3,8-11,16H2,1H3/t12-,15+/m1/s1. The van der Waals surface area contributed by atoms with Crippen molar-refractivity contribution >= 4 is 11.4 Å². The van der Waals surface area contributed by atoms with E-state index < -0.39 is 0 Å². The molecule has 0 aromatic heterocycles. The summed E-state index contributed by atoms with van der Waals surface area (Å²) in [6.07, 6.45) is 4.05. The second-order valence-electron chi connectivity index (χ2n) is 5.71. The number of anilines is 2. The highest BCUT2D eigenvalue weighted by Gasteiger charge is 2.32. The third kappa shape index (κ3) is 2.19. The Bertz CT molecular complexity index is 401. The minimum Gasteiger partial charge on any atom is -0.399 e. The molecule has 0 radical (unpaired) electrons. The summed E-state index contributed by atoms with van der Waals surface area (Å²) < 4.78 is 0. The maximum atomic E-state index is 5.74. The van der Waals surface area contributed by atoms with Gasteiger partial charge in [-0.05, 0) is 57.0 Å². The fourth-order valence-corrected chi connectivity index (χ4v) is 3.43. The lowest BCUT2D eigenvalue weighted by Gasteiger charge is -2.28. The molecule has 98 valence electrons. The van der Waals surface area contributed by atoms with E-state index in [0.29, 0.717) is 0 Å². The van der Waals surface area contributed by atoms with Crippen molar-refractivity contribution in [1.29, 1.82) is 0 Å². The highest BCUT2D eigenvalue weighted by atomic mass is 15.3. The van der Waals surface area contributed by atoms with E-state index in [4.69, 9.17) is 5.73 Å². The molecule has 18 heavy (non-hydrogen) atoms. The van der Waals surface area contributed by atoms with Gasteiger partial charge in [-0.15, -0.1) is 0 Å². The normalized spacial score (nSPS) is 29.1. The summed E-state index contributed by atoms with van der Waals surface area (Å²) in [5.74, 6) is 0. The number of hydrogen-bond acceptors (Lipinski definition) is 3. The Hall–Kier alpha value is -1.22. The maximum Gasteiger partial charge on any atom is 0.0368 e. The average Bonchev–Trinajstić information content (AvgIpc) is 2.98. The topological polar surface area (TPSA) is 32.5 Å². The van der Waals surface area contributed by atoms with E-state index in [2.05, 4.69) is 28.9 Å². The first-order valence-electron chi connectivity index (χ1n) is 7.10. The molecule has 2 fully saturated rings. The van der Waals surface area contributed by atoms with Gasteiger partial charge in [0.15, 0.2) is 0 Å². The molecule has 2 heterocycles. The Balaban J connectivity index is 1.66. The minimum absolute atomic E-state index is 0.750. The second kappa shape index (κ2) is 4.81. The number of nitrogen functional groups attached to an aromatic ring is 1. The zero-order valence-electron chi connectivity index (χ0n) is 11.2. The first-order valence-corrected chi connectivity index (χ1v) is 7.10. The molecule has 2 aliphatic heterocycles. The predicted molar refractivity (Wildman–Crippen MR) is 76.9 cm³/mol. The number of hydrogen-bond donors (Lipinski definition) is 1. The predicted octanol–water partition coefficient (Wildman–Crippen LogP) is 2.33. The summed E-state index contributed by atoms with van der Waals surface area (Å²) in [5.41, 5.74) is 7.91. The van der Waals surface area contributed by atoms with Crippen molar-refractivity contribution in [2.24, 2.45) is 0 Å². The molecule has 1 aromatic carbocycles. The van der Waals surface area contributed by atoms with Crippen LogP contribution in [-0.2, 0) is 0 Å². The third-order valence-corrected chi connectivity index (χ3v) is 4.49. The van der Waals surface area contributed by atoms with E-state index in [1.165, 1.54) is 44.6 Å². The molecule has 2 saturated heterocycles. The van der Waals surface area contributed by atoms with Crippen molar-refractivity contribution in [1.82, 2.24) is 4.90 Å². The van der Waals surface area contributed by atoms with Gasteiger partial charge in [-0.2, -0.15) is 0 Å². The van der Waals surface area contributed by atoms with Crippen LogP contribution in [0.2, 0.25) is 0 Å². The van der Waals surface area contributed by atoms with Crippen molar-refractivity contribution in [3.63, 3.8) is 0 Å². The molecule has 3 rings (SSSR count). The van der Waals surface area contributed by atoms with Crippen molar-refractivity contribution in [2.45, 2.75) is 38.3 Å². The number of likely N-dealkylation sites (tertiary alicyclic amines) is 1. The van der Waals surface area contributed by atoms with Crippen LogP contribution in [0, 0.1) is 0 Å². The van der Waals surface area contributed by atoms with Gasteiger partial charge in [0, 0.05) is 36.5 Å². The lowest BCUT2D eigenvalue weighted by molar-refractivity contribution is 0.204. The zero-order valence-corrected chi connectivity index (χ0v) is 11.2. The van der Waals surface area contributed by atoms with Crippen LogP contribution in [0.1, 0.15) is 26.2 Å². The zero-order chi connectivity index (χ0) is 12.5. The van der Waals surface area contributed by atoms with Crippen LogP contribution >= 0.6 is 0 Å². The van der Waals surface area contributed by atoms with Crippen LogP contribution < -0.4 is 10.6 Å². The van der Waals surface area contributed by atoms with Gasteiger partial charge in [0.2, 0.25) is 0 Å². The Kier molecular flexibility index (Phi) is 3.16. The molecule has 2 aliphatic rings. The molecule has 3 nitrogen and oxygen atoms in total.